The van der Waals surface area contributed by atoms with Crippen molar-refractivity contribution >= 4 is 33.7 Å². The second kappa shape index (κ2) is 10.5. The third-order valence-corrected chi connectivity index (χ3v) is 7.02. The Hall–Kier alpha value is -4.31. The molecule has 36 heavy (non-hydrogen) atoms. The Balaban J connectivity index is 1.55. The SMILES string of the molecule is C=Cc1ccccc1S(=O)(=O)NC(=O)N[C@@H](Cc1ccccc1)C(=O)N(C)c1ccc2c(c1)OCO2. The topological polar surface area (TPSA) is 114 Å². The van der Waals surface area contributed by atoms with E-state index in [-0.39, 0.29) is 18.1 Å². The minimum absolute atomic E-state index is 0.0955. The summed E-state index contributed by atoms with van der Waals surface area (Å²) in [6, 6.07) is 18.2. The van der Waals surface area contributed by atoms with E-state index in [1.807, 2.05) is 35.1 Å². The number of fused-ring (bicyclic) bond motifs is 1. The summed E-state index contributed by atoms with van der Waals surface area (Å²) in [5, 5.41) is 2.53. The zero-order chi connectivity index (χ0) is 25.7. The van der Waals surface area contributed by atoms with Crippen LogP contribution in [-0.2, 0) is 21.2 Å². The summed E-state index contributed by atoms with van der Waals surface area (Å²) >= 11 is 0. The molecule has 0 bridgehead atoms. The van der Waals surface area contributed by atoms with Crippen molar-refractivity contribution in [3.05, 3.63) is 90.5 Å². The van der Waals surface area contributed by atoms with Gasteiger partial charge in [-0.15, -0.1) is 0 Å². The molecule has 4 rings (SSSR count). The number of amides is 3. The standard InChI is InChI=1S/C26H25N3O6S/c1-3-19-11-7-8-12-24(19)36(32,33)28-26(31)27-21(15-18-9-5-4-6-10-18)25(30)29(2)20-13-14-22-23(16-20)35-17-34-22/h3-14,16,21H,1,15,17H2,2H3,(H2,27,28,31)/t21-/m0/s1. The normalized spacial score (nSPS) is 12.9. The molecule has 10 heteroatoms. The number of sulfonamides is 1. The van der Waals surface area contributed by atoms with Gasteiger partial charge in [-0.05, 0) is 29.3 Å². The number of anilines is 1. The quantitative estimate of drug-likeness (QED) is 0.484. The van der Waals surface area contributed by atoms with Crippen molar-refractivity contribution in [1.82, 2.24) is 10.0 Å². The monoisotopic (exact) mass is 507 g/mol. The van der Waals surface area contributed by atoms with Gasteiger partial charge in [-0.3, -0.25) is 4.79 Å². The highest BCUT2D eigenvalue weighted by atomic mass is 32.2. The molecule has 0 saturated heterocycles. The molecule has 186 valence electrons. The van der Waals surface area contributed by atoms with E-state index in [1.54, 1.807) is 43.4 Å². The Bertz CT molecular complexity index is 1390. The zero-order valence-corrected chi connectivity index (χ0v) is 20.3. The molecule has 1 atom stereocenters. The van der Waals surface area contributed by atoms with E-state index in [2.05, 4.69) is 11.9 Å². The van der Waals surface area contributed by atoms with Crippen molar-refractivity contribution in [3.63, 3.8) is 0 Å². The average Bonchev–Trinajstić information content (AvgIpc) is 3.35. The van der Waals surface area contributed by atoms with Crippen molar-refractivity contribution < 1.29 is 27.5 Å². The van der Waals surface area contributed by atoms with Crippen LogP contribution in [0.25, 0.3) is 6.08 Å². The first kappa shape index (κ1) is 24.8. The van der Waals surface area contributed by atoms with Crippen LogP contribution >= 0.6 is 0 Å². The Morgan fingerprint density at radius 3 is 2.47 bits per heavy atom. The van der Waals surface area contributed by atoms with Crippen LogP contribution in [0, 0.1) is 0 Å². The van der Waals surface area contributed by atoms with Gasteiger partial charge in [0.15, 0.2) is 11.5 Å². The van der Waals surface area contributed by atoms with E-state index < -0.39 is 28.0 Å². The molecule has 1 aliphatic rings. The molecule has 0 aromatic heterocycles. The van der Waals surface area contributed by atoms with Crippen LogP contribution in [0.2, 0.25) is 0 Å². The van der Waals surface area contributed by atoms with Gasteiger partial charge in [-0.2, -0.15) is 0 Å². The maximum absolute atomic E-state index is 13.5. The van der Waals surface area contributed by atoms with Gasteiger partial charge in [-0.1, -0.05) is 61.2 Å². The fourth-order valence-corrected chi connectivity index (χ4v) is 4.90. The van der Waals surface area contributed by atoms with Gasteiger partial charge in [0.05, 0.1) is 4.90 Å². The summed E-state index contributed by atoms with van der Waals surface area (Å²) in [7, 11) is -2.65. The van der Waals surface area contributed by atoms with Crippen LogP contribution in [0.5, 0.6) is 11.5 Å². The Labute approximate surface area is 209 Å². The van der Waals surface area contributed by atoms with Crippen LogP contribution in [-0.4, -0.2) is 40.2 Å². The van der Waals surface area contributed by atoms with E-state index in [1.165, 1.54) is 17.0 Å². The molecule has 1 aliphatic heterocycles. The molecule has 3 amide bonds. The Morgan fingerprint density at radius 1 is 1.03 bits per heavy atom. The fourth-order valence-electron chi connectivity index (χ4n) is 3.76. The van der Waals surface area contributed by atoms with E-state index >= 15 is 0 Å². The highest BCUT2D eigenvalue weighted by Gasteiger charge is 2.28. The molecule has 0 fully saturated rings. The van der Waals surface area contributed by atoms with Gasteiger partial charge < -0.3 is 19.7 Å². The number of ether oxygens (including phenoxy) is 2. The lowest BCUT2D eigenvalue weighted by Crippen LogP contribution is -2.52. The molecule has 1 heterocycles. The minimum atomic E-state index is -4.21. The highest BCUT2D eigenvalue weighted by Crippen LogP contribution is 2.35. The van der Waals surface area contributed by atoms with E-state index in [0.29, 0.717) is 22.7 Å². The number of carbonyl (C=O) groups is 2. The maximum atomic E-state index is 13.5. The average molecular weight is 508 g/mol. The molecule has 2 N–H and O–H groups in total. The van der Waals surface area contributed by atoms with Crippen LogP contribution in [0.4, 0.5) is 10.5 Å². The van der Waals surface area contributed by atoms with E-state index in [9.17, 15) is 18.0 Å². The van der Waals surface area contributed by atoms with Crippen molar-refractivity contribution in [2.24, 2.45) is 0 Å². The third kappa shape index (κ3) is 5.49. The number of urea groups is 1. The summed E-state index contributed by atoms with van der Waals surface area (Å²) in [5.41, 5.74) is 1.66. The van der Waals surface area contributed by atoms with E-state index in [0.717, 1.165) is 5.56 Å². The second-order valence-corrected chi connectivity index (χ2v) is 9.65. The summed E-state index contributed by atoms with van der Waals surface area (Å²) in [5.74, 6) is 0.629. The lowest BCUT2D eigenvalue weighted by molar-refractivity contribution is -0.120. The van der Waals surface area contributed by atoms with Crippen molar-refractivity contribution in [2.45, 2.75) is 17.4 Å². The summed E-state index contributed by atoms with van der Waals surface area (Å²) in [4.78, 5) is 27.6. The van der Waals surface area contributed by atoms with Crippen LogP contribution in [0.3, 0.4) is 0 Å². The highest BCUT2D eigenvalue weighted by molar-refractivity contribution is 7.90. The molecule has 0 aliphatic carbocycles. The van der Waals surface area contributed by atoms with E-state index in [4.69, 9.17) is 9.47 Å². The summed E-state index contributed by atoms with van der Waals surface area (Å²) in [6.45, 7) is 3.71. The van der Waals surface area contributed by atoms with Crippen molar-refractivity contribution in [2.75, 3.05) is 18.7 Å². The van der Waals surface area contributed by atoms with Gasteiger partial charge in [-0.25, -0.2) is 17.9 Å². The predicted molar refractivity (Wildman–Crippen MR) is 135 cm³/mol. The minimum Gasteiger partial charge on any atom is -0.454 e. The molecule has 0 spiro atoms. The van der Waals surface area contributed by atoms with Crippen LogP contribution < -0.4 is 24.4 Å². The second-order valence-electron chi connectivity index (χ2n) is 8.00. The van der Waals surface area contributed by atoms with Gasteiger partial charge >= 0.3 is 6.03 Å². The van der Waals surface area contributed by atoms with Gasteiger partial charge in [0, 0.05) is 25.2 Å². The lowest BCUT2D eigenvalue weighted by Gasteiger charge is -2.25. The molecule has 0 saturated carbocycles. The molecule has 9 nitrogen and oxygen atoms in total. The number of hydrogen-bond acceptors (Lipinski definition) is 6. The summed E-state index contributed by atoms with van der Waals surface area (Å²) in [6.07, 6.45) is 1.53. The lowest BCUT2D eigenvalue weighted by atomic mass is 10.0. The molecular weight excluding hydrogens is 482 g/mol. The zero-order valence-electron chi connectivity index (χ0n) is 19.5. The molecule has 3 aromatic rings. The smallest absolute Gasteiger partial charge is 0.329 e. The number of nitrogens with zero attached hydrogens (tertiary/aromatic N) is 1. The van der Waals surface area contributed by atoms with Crippen LogP contribution in [0.1, 0.15) is 11.1 Å². The third-order valence-electron chi connectivity index (χ3n) is 5.62. The van der Waals surface area contributed by atoms with Crippen molar-refractivity contribution in [3.8, 4) is 11.5 Å². The molecular formula is C26H25N3O6S. The van der Waals surface area contributed by atoms with Gasteiger partial charge in [0.25, 0.3) is 10.0 Å². The first-order valence-corrected chi connectivity index (χ1v) is 12.5. The number of rotatable bonds is 8. The number of nitrogens with one attached hydrogen (secondary N) is 2. The largest absolute Gasteiger partial charge is 0.454 e. The number of likely N-dealkylation sites (N-methyl/N-ethyl adjacent to an activating group) is 1. The van der Waals surface area contributed by atoms with Crippen molar-refractivity contribution in [1.29, 1.82) is 0 Å². The molecule has 3 aromatic carbocycles. The molecule has 0 unspecified atom stereocenters. The van der Waals surface area contributed by atoms with Crippen LogP contribution in [0.15, 0.2) is 84.3 Å². The van der Waals surface area contributed by atoms with Gasteiger partial charge in [0.2, 0.25) is 12.7 Å². The molecule has 0 radical (unpaired) electrons. The Morgan fingerprint density at radius 2 is 1.72 bits per heavy atom. The first-order chi connectivity index (χ1) is 17.3. The number of carbonyl (C=O) groups excluding carboxylic acids is 2. The van der Waals surface area contributed by atoms with Gasteiger partial charge in [0.1, 0.15) is 6.04 Å². The predicted octanol–water partition coefficient (Wildman–Crippen LogP) is 3.32. The summed E-state index contributed by atoms with van der Waals surface area (Å²) < 4.78 is 38.4. The fraction of sp³-hybridized carbons (Fsp3) is 0.154. The Kier molecular flexibility index (Phi) is 7.25. The number of hydrogen-bond donors (Lipinski definition) is 2. The maximum Gasteiger partial charge on any atom is 0.329 e. The number of benzene rings is 3. The first-order valence-electron chi connectivity index (χ1n) is 11.0.